The average molecular weight is 285 g/mol. The molecule has 2 nitrogen and oxygen atoms in total. The fourth-order valence-corrected chi connectivity index (χ4v) is 3.21. The maximum Gasteiger partial charge on any atom is 0.128 e. The Bertz CT molecular complexity index is 419. The highest BCUT2D eigenvalue weighted by Gasteiger charge is 2.26. The fourth-order valence-electron chi connectivity index (χ4n) is 3.03. The molecule has 0 aromatic heterocycles. The number of nitrogens with zero attached hydrogens (tertiary/aromatic N) is 1. The number of benzene rings is 1. The number of hydrogen-bond donors (Lipinski definition) is 1. The Morgan fingerprint density at radius 3 is 2.68 bits per heavy atom. The van der Waals surface area contributed by atoms with Gasteiger partial charge in [0.15, 0.2) is 0 Å². The topological polar surface area (TPSA) is 29.3 Å². The van der Waals surface area contributed by atoms with E-state index in [4.69, 9.17) is 17.3 Å². The molecular weight excluding hydrogens is 263 g/mol. The van der Waals surface area contributed by atoms with Crippen LogP contribution >= 0.6 is 11.6 Å². The summed E-state index contributed by atoms with van der Waals surface area (Å²) in [7, 11) is 2.05. The molecule has 0 aliphatic heterocycles. The third-order valence-corrected chi connectivity index (χ3v) is 4.42. The molecule has 0 amide bonds. The van der Waals surface area contributed by atoms with Crippen LogP contribution in [0.4, 0.5) is 4.39 Å². The van der Waals surface area contributed by atoms with Crippen LogP contribution in [-0.2, 0) is 0 Å². The Morgan fingerprint density at radius 1 is 1.37 bits per heavy atom. The van der Waals surface area contributed by atoms with Crippen LogP contribution in [0.3, 0.4) is 0 Å². The van der Waals surface area contributed by atoms with Gasteiger partial charge in [-0.15, -0.1) is 0 Å². The smallest absolute Gasteiger partial charge is 0.128 e. The fraction of sp³-hybridized carbons (Fsp3) is 0.600. The molecule has 1 aromatic carbocycles. The molecule has 0 saturated heterocycles. The van der Waals surface area contributed by atoms with Gasteiger partial charge in [-0.25, -0.2) is 4.39 Å². The molecule has 1 atom stereocenters. The third-order valence-electron chi connectivity index (χ3n) is 4.18. The molecule has 1 saturated carbocycles. The number of likely N-dealkylation sites (N-methyl/N-ethyl adjacent to an activating group) is 1. The van der Waals surface area contributed by atoms with Gasteiger partial charge in [0, 0.05) is 29.2 Å². The summed E-state index contributed by atoms with van der Waals surface area (Å²) in [6.07, 6.45) is 6.17. The summed E-state index contributed by atoms with van der Waals surface area (Å²) >= 11 is 5.98. The molecule has 1 aliphatic carbocycles. The highest BCUT2D eigenvalue weighted by atomic mass is 35.5. The molecule has 0 bridgehead atoms. The van der Waals surface area contributed by atoms with Crippen molar-refractivity contribution in [1.82, 2.24) is 4.90 Å². The Hall–Kier alpha value is -0.640. The van der Waals surface area contributed by atoms with Crippen molar-refractivity contribution in [2.45, 2.75) is 44.2 Å². The predicted octanol–water partition coefficient (Wildman–Crippen LogP) is 3.74. The van der Waals surface area contributed by atoms with Gasteiger partial charge in [0.05, 0.1) is 0 Å². The lowest BCUT2D eigenvalue weighted by Crippen LogP contribution is -2.40. The molecule has 1 unspecified atom stereocenters. The molecule has 19 heavy (non-hydrogen) atoms. The largest absolute Gasteiger partial charge is 0.329 e. The van der Waals surface area contributed by atoms with Crippen molar-refractivity contribution in [2.24, 2.45) is 5.73 Å². The monoisotopic (exact) mass is 284 g/mol. The lowest BCUT2D eigenvalue weighted by atomic mass is 9.92. The maximum absolute atomic E-state index is 14.0. The summed E-state index contributed by atoms with van der Waals surface area (Å²) in [5.41, 5.74) is 6.49. The zero-order valence-corrected chi connectivity index (χ0v) is 12.2. The Morgan fingerprint density at radius 2 is 2.05 bits per heavy atom. The van der Waals surface area contributed by atoms with E-state index in [1.807, 2.05) is 7.05 Å². The molecule has 0 radical (unpaired) electrons. The minimum atomic E-state index is -0.220. The molecule has 1 aromatic rings. The first-order valence-corrected chi connectivity index (χ1v) is 7.38. The molecule has 106 valence electrons. The van der Waals surface area contributed by atoms with E-state index in [0.717, 1.165) is 0 Å². The van der Waals surface area contributed by atoms with E-state index >= 15 is 0 Å². The molecule has 1 aliphatic rings. The minimum absolute atomic E-state index is 0.0956. The number of nitrogens with two attached hydrogens (primary N) is 1. The standard InChI is InChI=1S/C15H22ClFN2/c1-19(12-5-3-2-4-6-12)15(10-18)13-9-11(16)7-8-14(13)17/h7-9,12,15H,2-6,10,18H2,1H3. The zero-order valence-electron chi connectivity index (χ0n) is 11.4. The van der Waals surface area contributed by atoms with E-state index < -0.39 is 0 Å². The normalized spacial score (nSPS) is 18.8. The van der Waals surface area contributed by atoms with Crippen LogP contribution in [-0.4, -0.2) is 24.5 Å². The van der Waals surface area contributed by atoms with E-state index in [2.05, 4.69) is 4.90 Å². The van der Waals surface area contributed by atoms with Gasteiger partial charge >= 0.3 is 0 Å². The lowest BCUT2D eigenvalue weighted by Gasteiger charge is -2.37. The average Bonchev–Trinajstić information content (AvgIpc) is 2.44. The van der Waals surface area contributed by atoms with Gasteiger partial charge in [0.2, 0.25) is 0 Å². The second-order valence-corrected chi connectivity index (χ2v) is 5.81. The van der Waals surface area contributed by atoms with Crippen molar-refractivity contribution in [3.8, 4) is 0 Å². The second kappa shape index (κ2) is 6.69. The summed E-state index contributed by atoms with van der Waals surface area (Å²) in [5.74, 6) is -0.220. The van der Waals surface area contributed by atoms with Crippen LogP contribution in [0, 0.1) is 5.82 Å². The van der Waals surface area contributed by atoms with Crippen molar-refractivity contribution < 1.29 is 4.39 Å². The summed E-state index contributed by atoms with van der Waals surface area (Å²) in [6.45, 7) is 0.407. The first-order chi connectivity index (χ1) is 9.13. The van der Waals surface area contributed by atoms with Gasteiger partial charge in [0.25, 0.3) is 0 Å². The first kappa shape index (κ1) is 14.8. The van der Waals surface area contributed by atoms with E-state index in [9.17, 15) is 4.39 Å². The van der Waals surface area contributed by atoms with Crippen LogP contribution in [0.2, 0.25) is 5.02 Å². The molecule has 4 heteroatoms. The molecule has 0 heterocycles. The van der Waals surface area contributed by atoms with Gasteiger partial charge in [-0.1, -0.05) is 30.9 Å². The molecule has 2 N–H and O–H groups in total. The summed E-state index contributed by atoms with van der Waals surface area (Å²) in [4.78, 5) is 2.23. The zero-order chi connectivity index (χ0) is 13.8. The van der Waals surface area contributed by atoms with Crippen LogP contribution in [0.1, 0.15) is 43.7 Å². The van der Waals surface area contributed by atoms with Crippen LogP contribution in [0.5, 0.6) is 0 Å². The highest BCUT2D eigenvalue weighted by molar-refractivity contribution is 6.30. The highest BCUT2D eigenvalue weighted by Crippen LogP contribution is 2.30. The van der Waals surface area contributed by atoms with Crippen LogP contribution < -0.4 is 5.73 Å². The Balaban J connectivity index is 2.20. The first-order valence-electron chi connectivity index (χ1n) is 7.00. The van der Waals surface area contributed by atoms with Gasteiger partial charge in [-0.2, -0.15) is 0 Å². The summed E-state index contributed by atoms with van der Waals surface area (Å²) in [6, 6.07) is 5.11. The number of halogens is 2. The van der Waals surface area contributed by atoms with Gasteiger partial charge in [0.1, 0.15) is 5.82 Å². The van der Waals surface area contributed by atoms with Crippen molar-refractivity contribution in [3.05, 3.63) is 34.6 Å². The SMILES string of the molecule is CN(C1CCCCC1)C(CN)c1cc(Cl)ccc1F. The molecule has 2 rings (SSSR count). The minimum Gasteiger partial charge on any atom is -0.329 e. The van der Waals surface area contributed by atoms with E-state index in [1.54, 1.807) is 12.1 Å². The van der Waals surface area contributed by atoms with E-state index in [0.29, 0.717) is 23.2 Å². The number of hydrogen-bond acceptors (Lipinski definition) is 2. The second-order valence-electron chi connectivity index (χ2n) is 5.37. The maximum atomic E-state index is 14.0. The van der Waals surface area contributed by atoms with Gasteiger partial charge in [-0.3, -0.25) is 4.90 Å². The Kier molecular flexibility index (Phi) is 5.20. The van der Waals surface area contributed by atoms with Crippen molar-refractivity contribution in [1.29, 1.82) is 0 Å². The van der Waals surface area contributed by atoms with E-state index in [-0.39, 0.29) is 11.9 Å². The van der Waals surface area contributed by atoms with Crippen molar-refractivity contribution >= 4 is 11.6 Å². The molecule has 1 fully saturated rings. The van der Waals surface area contributed by atoms with E-state index in [1.165, 1.54) is 38.2 Å². The quantitative estimate of drug-likeness (QED) is 0.912. The van der Waals surface area contributed by atoms with Gasteiger partial charge < -0.3 is 5.73 Å². The Labute approximate surface area is 119 Å². The number of rotatable bonds is 4. The van der Waals surface area contributed by atoms with Crippen molar-refractivity contribution in [2.75, 3.05) is 13.6 Å². The van der Waals surface area contributed by atoms with Crippen LogP contribution in [0.15, 0.2) is 18.2 Å². The van der Waals surface area contributed by atoms with Crippen LogP contribution in [0.25, 0.3) is 0 Å². The predicted molar refractivity (Wildman–Crippen MR) is 77.8 cm³/mol. The lowest BCUT2D eigenvalue weighted by molar-refractivity contribution is 0.138. The van der Waals surface area contributed by atoms with Gasteiger partial charge in [-0.05, 0) is 38.1 Å². The third kappa shape index (κ3) is 3.47. The molecule has 0 spiro atoms. The summed E-state index contributed by atoms with van der Waals surface area (Å²) in [5, 5.41) is 0.562. The molecular formula is C15H22ClFN2. The summed E-state index contributed by atoms with van der Waals surface area (Å²) < 4.78 is 14.0. The van der Waals surface area contributed by atoms with Crippen molar-refractivity contribution in [3.63, 3.8) is 0 Å².